The van der Waals surface area contributed by atoms with Crippen LogP contribution in [0.2, 0.25) is 0 Å². The minimum absolute atomic E-state index is 0.0258. The van der Waals surface area contributed by atoms with Gasteiger partial charge in [0.05, 0.1) is 7.05 Å². The van der Waals surface area contributed by atoms with Crippen LogP contribution in [0, 0.1) is 0 Å². The molecule has 1 unspecified atom stereocenters. The molecule has 0 fully saturated rings. The normalized spacial score (nSPS) is 14.4. The van der Waals surface area contributed by atoms with Crippen molar-refractivity contribution in [2.45, 2.75) is 19.3 Å². The minimum atomic E-state index is -0.0583. The zero-order valence-corrected chi connectivity index (χ0v) is 13.0. The molecule has 114 valence electrons. The number of amides is 2. The molecule has 0 spiro atoms. The van der Waals surface area contributed by atoms with Crippen LogP contribution in [0.1, 0.15) is 17.5 Å². The Balaban J connectivity index is 1.85. The van der Waals surface area contributed by atoms with Gasteiger partial charge in [-0.3, -0.25) is 9.59 Å². The Labute approximate surface area is 125 Å². The second-order valence-corrected chi connectivity index (χ2v) is 5.98. The van der Waals surface area contributed by atoms with Gasteiger partial charge in [0.15, 0.2) is 13.1 Å². The quantitative estimate of drug-likeness (QED) is 0.783. The fourth-order valence-corrected chi connectivity index (χ4v) is 2.61. The van der Waals surface area contributed by atoms with E-state index in [0.717, 1.165) is 23.4 Å². The molecule has 1 aliphatic rings. The van der Waals surface area contributed by atoms with Gasteiger partial charge in [0.2, 0.25) is 0 Å². The van der Waals surface area contributed by atoms with Crippen LogP contribution in [-0.2, 0) is 22.4 Å². The van der Waals surface area contributed by atoms with E-state index in [2.05, 4.69) is 17.4 Å². The second kappa shape index (κ2) is 6.72. The minimum Gasteiger partial charge on any atom is -0.344 e. The maximum absolute atomic E-state index is 12.0. The van der Waals surface area contributed by atoms with Gasteiger partial charge < -0.3 is 15.1 Å². The highest BCUT2D eigenvalue weighted by molar-refractivity contribution is 5.91. The molecule has 2 rings (SSSR count). The zero-order chi connectivity index (χ0) is 15.4. The SMILES string of the molecule is CN(C)C(=O)C[NH+](C)CC(=O)Nc1ccc2c(c1)CCC2. The Kier molecular flexibility index (Phi) is 4.96. The van der Waals surface area contributed by atoms with Crippen LogP contribution in [0.25, 0.3) is 0 Å². The lowest BCUT2D eigenvalue weighted by atomic mass is 10.1. The molecule has 0 heterocycles. The number of hydrogen-bond acceptors (Lipinski definition) is 2. The van der Waals surface area contributed by atoms with Crippen LogP contribution in [0.15, 0.2) is 18.2 Å². The van der Waals surface area contributed by atoms with E-state index in [9.17, 15) is 9.59 Å². The lowest BCUT2D eigenvalue weighted by Gasteiger charge is -2.16. The van der Waals surface area contributed by atoms with E-state index in [0.29, 0.717) is 6.54 Å². The van der Waals surface area contributed by atoms with Crippen molar-refractivity contribution < 1.29 is 14.5 Å². The molecule has 0 saturated carbocycles. The first-order chi connectivity index (χ1) is 9.95. The molecule has 1 aromatic rings. The molecule has 0 saturated heterocycles. The third-order valence-corrected chi connectivity index (χ3v) is 3.80. The highest BCUT2D eigenvalue weighted by Gasteiger charge is 2.16. The predicted molar refractivity (Wildman–Crippen MR) is 82.4 cm³/mol. The first-order valence-electron chi connectivity index (χ1n) is 7.39. The first kappa shape index (κ1) is 15.5. The van der Waals surface area contributed by atoms with Crippen LogP contribution in [-0.4, -0.2) is 50.9 Å². The molecule has 0 radical (unpaired) electrons. The molecule has 0 aromatic heterocycles. The van der Waals surface area contributed by atoms with Crippen molar-refractivity contribution in [2.75, 3.05) is 39.5 Å². The Bertz CT molecular complexity index is 540. The number of anilines is 1. The average Bonchev–Trinajstić information content (AvgIpc) is 2.85. The predicted octanol–water partition coefficient (Wildman–Crippen LogP) is -0.283. The summed E-state index contributed by atoms with van der Waals surface area (Å²) in [4.78, 5) is 26.0. The van der Waals surface area contributed by atoms with Crippen molar-refractivity contribution in [1.29, 1.82) is 0 Å². The number of rotatable bonds is 5. The average molecular weight is 290 g/mol. The molecule has 1 aromatic carbocycles. The fourth-order valence-electron chi connectivity index (χ4n) is 2.61. The number of carbonyl (C=O) groups excluding carboxylic acids is 2. The molecule has 0 aliphatic heterocycles. The summed E-state index contributed by atoms with van der Waals surface area (Å²) in [5.41, 5.74) is 3.59. The summed E-state index contributed by atoms with van der Waals surface area (Å²) in [6.07, 6.45) is 3.44. The number of carbonyl (C=O) groups is 2. The van der Waals surface area contributed by atoms with Crippen molar-refractivity contribution in [3.63, 3.8) is 0 Å². The van der Waals surface area contributed by atoms with Gasteiger partial charge in [-0.05, 0) is 42.5 Å². The van der Waals surface area contributed by atoms with E-state index in [1.54, 1.807) is 19.0 Å². The number of aryl methyl sites for hydroxylation is 2. The topological polar surface area (TPSA) is 53.9 Å². The van der Waals surface area contributed by atoms with Crippen molar-refractivity contribution >= 4 is 17.5 Å². The van der Waals surface area contributed by atoms with Crippen molar-refractivity contribution in [3.05, 3.63) is 29.3 Å². The van der Waals surface area contributed by atoms with Gasteiger partial charge in [-0.25, -0.2) is 0 Å². The lowest BCUT2D eigenvalue weighted by molar-refractivity contribution is -0.862. The van der Waals surface area contributed by atoms with Gasteiger partial charge in [-0.1, -0.05) is 6.07 Å². The number of hydrogen-bond donors (Lipinski definition) is 2. The van der Waals surface area contributed by atoms with Crippen LogP contribution in [0.5, 0.6) is 0 Å². The van der Waals surface area contributed by atoms with Crippen molar-refractivity contribution in [2.24, 2.45) is 0 Å². The molecular formula is C16H24N3O2+. The summed E-state index contributed by atoms with van der Waals surface area (Å²) in [6, 6.07) is 6.13. The van der Waals surface area contributed by atoms with E-state index in [1.165, 1.54) is 17.5 Å². The van der Waals surface area contributed by atoms with Gasteiger partial charge in [0.1, 0.15) is 0 Å². The largest absolute Gasteiger partial charge is 0.344 e. The molecule has 2 amide bonds. The number of nitrogens with one attached hydrogen (secondary N) is 2. The van der Waals surface area contributed by atoms with Crippen LogP contribution in [0.4, 0.5) is 5.69 Å². The summed E-state index contributed by atoms with van der Waals surface area (Å²) in [5.74, 6) is -0.0326. The van der Waals surface area contributed by atoms with Crippen molar-refractivity contribution in [3.8, 4) is 0 Å². The lowest BCUT2D eigenvalue weighted by Crippen LogP contribution is -3.11. The summed E-state index contributed by atoms with van der Waals surface area (Å²) in [7, 11) is 5.30. The van der Waals surface area contributed by atoms with Crippen LogP contribution in [0.3, 0.4) is 0 Å². The molecule has 2 N–H and O–H groups in total. The van der Waals surface area contributed by atoms with Crippen molar-refractivity contribution in [1.82, 2.24) is 4.90 Å². The molecule has 21 heavy (non-hydrogen) atoms. The molecule has 5 heteroatoms. The van der Waals surface area contributed by atoms with Gasteiger partial charge in [0, 0.05) is 19.8 Å². The highest BCUT2D eigenvalue weighted by atomic mass is 16.2. The van der Waals surface area contributed by atoms with Crippen LogP contribution < -0.4 is 10.2 Å². The van der Waals surface area contributed by atoms with Crippen LogP contribution >= 0.6 is 0 Å². The first-order valence-corrected chi connectivity index (χ1v) is 7.39. The summed E-state index contributed by atoms with van der Waals surface area (Å²) >= 11 is 0. The smallest absolute Gasteiger partial charge is 0.279 e. The summed E-state index contributed by atoms with van der Waals surface area (Å²) in [6.45, 7) is 0.612. The van der Waals surface area contributed by atoms with Gasteiger partial charge in [-0.2, -0.15) is 0 Å². The molecule has 0 bridgehead atoms. The van der Waals surface area contributed by atoms with E-state index >= 15 is 0 Å². The fraction of sp³-hybridized carbons (Fsp3) is 0.500. The summed E-state index contributed by atoms with van der Waals surface area (Å²) < 4.78 is 0. The van der Waals surface area contributed by atoms with Gasteiger partial charge in [0.25, 0.3) is 11.8 Å². The molecular weight excluding hydrogens is 266 g/mol. The number of fused-ring (bicyclic) bond motifs is 1. The Morgan fingerprint density at radius 3 is 2.62 bits per heavy atom. The number of quaternary nitrogens is 1. The van der Waals surface area contributed by atoms with Gasteiger partial charge >= 0.3 is 0 Å². The maximum Gasteiger partial charge on any atom is 0.279 e. The van der Waals surface area contributed by atoms with E-state index in [-0.39, 0.29) is 18.4 Å². The number of likely N-dealkylation sites (N-methyl/N-ethyl adjacent to an activating group) is 2. The zero-order valence-electron chi connectivity index (χ0n) is 13.0. The second-order valence-electron chi connectivity index (χ2n) is 5.98. The maximum atomic E-state index is 12.0. The van der Waals surface area contributed by atoms with E-state index in [4.69, 9.17) is 0 Å². The third-order valence-electron chi connectivity index (χ3n) is 3.80. The number of nitrogens with zero attached hydrogens (tertiary/aromatic N) is 1. The Morgan fingerprint density at radius 2 is 1.90 bits per heavy atom. The summed E-state index contributed by atoms with van der Waals surface area (Å²) in [5, 5.41) is 2.92. The van der Waals surface area contributed by atoms with E-state index < -0.39 is 0 Å². The Hall–Kier alpha value is -1.88. The third kappa shape index (κ3) is 4.29. The monoisotopic (exact) mass is 290 g/mol. The Morgan fingerprint density at radius 1 is 1.19 bits per heavy atom. The standard InChI is InChI=1S/C16H23N3O2/c1-18(2)16(21)11-19(3)10-15(20)17-14-8-7-12-5-4-6-13(12)9-14/h7-9H,4-6,10-11H2,1-3H3,(H,17,20)/p+1. The van der Waals surface area contributed by atoms with Gasteiger partial charge in [-0.15, -0.1) is 0 Å². The van der Waals surface area contributed by atoms with E-state index in [1.807, 2.05) is 13.1 Å². The highest BCUT2D eigenvalue weighted by Crippen LogP contribution is 2.24. The molecule has 1 aliphatic carbocycles. The number of benzene rings is 1. The molecule has 1 atom stereocenters. The molecule has 5 nitrogen and oxygen atoms in total.